The van der Waals surface area contributed by atoms with Crippen LogP contribution in [0.3, 0.4) is 0 Å². The quantitative estimate of drug-likeness (QED) is 0.197. The SMILES string of the molecule is CN(C)[C@@H]1C(=O)C(C(N)=O)C(=O)[C@@]2(O)C(=O)C3C(=O)c4c(O)c5c(c(F)c4C[C@H]3C[C@@H]12)CN(C)[C@@H](CO)C(=O)N5. The first kappa shape index (κ1) is 28.0. The van der Waals surface area contributed by atoms with Crippen molar-refractivity contribution >= 4 is 40.6 Å². The fraction of sp³-hybridized carbons (Fsp3) is 0.538. The number of aromatic hydroxyl groups is 1. The number of nitrogens with two attached hydrogens (primary N) is 1. The lowest BCUT2D eigenvalue weighted by Crippen LogP contribution is -2.74. The van der Waals surface area contributed by atoms with Gasteiger partial charge in [-0.2, -0.15) is 0 Å². The molecule has 7 atom stereocenters. The van der Waals surface area contributed by atoms with Gasteiger partial charge in [-0.1, -0.05) is 0 Å². The molecule has 1 aromatic rings. The molecule has 2 amide bonds. The van der Waals surface area contributed by atoms with Crippen LogP contribution in [0, 0.1) is 29.5 Å². The van der Waals surface area contributed by atoms with E-state index in [0.717, 1.165) is 0 Å². The molecular weight excluding hydrogens is 531 g/mol. The molecule has 1 aromatic carbocycles. The Morgan fingerprint density at radius 2 is 1.82 bits per heavy atom. The summed E-state index contributed by atoms with van der Waals surface area (Å²) < 4.78 is 16.0. The number of aliphatic hydroxyl groups is 2. The molecule has 3 aliphatic carbocycles. The maximum Gasteiger partial charge on any atom is 0.244 e. The maximum atomic E-state index is 16.0. The Morgan fingerprint density at radius 3 is 2.40 bits per heavy atom. The number of benzene rings is 1. The van der Waals surface area contributed by atoms with E-state index in [1.807, 2.05) is 0 Å². The van der Waals surface area contributed by atoms with Crippen LogP contribution in [-0.4, -0.2) is 106 Å². The van der Waals surface area contributed by atoms with E-state index in [9.17, 15) is 44.1 Å². The highest BCUT2D eigenvalue weighted by Crippen LogP contribution is 2.52. The minimum Gasteiger partial charge on any atom is -0.505 e. The van der Waals surface area contributed by atoms with E-state index < -0.39 is 100 Å². The third kappa shape index (κ3) is 3.52. The predicted octanol–water partition coefficient (Wildman–Crippen LogP) is -2.25. The number of hydrogen-bond acceptors (Lipinski definition) is 11. The van der Waals surface area contributed by atoms with Gasteiger partial charge < -0.3 is 26.4 Å². The number of hydrogen-bond donors (Lipinski definition) is 5. The molecule has 2 unspecified atom stereocenters. The minimum atomic E-state index is -2.90. The second-order valence-electron chi connectivity index (χ2n) is 11.3. The van der Waals surface area contributed by atoms with E-state index in [1.165, 1.54) is 30.9 Å². The molecule has 0 aromatic heterocycles. The van der Waals surface area contributed by atoms with Gasteiger partial charge in [0.15, 0.2) is 40.4 Å². The first-order valence-corrected chi connectivity index (χ1v) is 12.7. The number of nitrogens with one attached hydrogen (secondary N) is 1. The second-order valence-corrected chi connectivity index (χ2v) is 11.3. The van der Waals surface area contributed by atoms with Crippen molar-refractivity contribution in [3.8, 4) is 5.75 Å². The van der Waals surface area contributed by atoms with Crippen molar-refractivity contribution in [3.05, 3.63) is 22.5 Å². The number of amides is 2. The zero-order chi connectivity index (χ0) is 29.6. The Morgan fingerprint density at radius 1 is 1.18 bits per heavy atom. The molecule has 0 saturated heterocycles. The lowest BCUT2D eigenvalue weighted by atomic mass is 9.52. The Bertz CT molecular complexity index is 1410. The van der Waals surface area contributed by atoms with Gasteiger partial charge in [-0.25, -0.2) is 4.39 Å². The zero-order valence-corrected chi connectivity index (χ0v) is 21.9. The van der Waals surface area contributed by atoms with E-state index in [2.05, 4.69) is 5.32 Å². The number of nitrogens with zero attached hydrogens (tertiary/aromatic N) is 2. The summed E-state index contributed by atoms with van der Waals surface area (Å²) in [6.07, 6.45) is -0.468. The van der Waals surface area contributed by atoms with E-state index >= 15 is 4.39 Å². The molecule has 14 heteroatoms. The van der Waals surface area contributed by atoms with Crippen molar-refractivity contribution < 1.29 is 48.5 Å². The molecule has 214 valence electrons. The van der Waals surface area contributed by atoms with Crippen LogP contribution < -0.4 is 11.1 Å². The molecule has 13 nitrogen and oxygen atoms in total. The Balaban J connectivity index is 1.65. The van der Waals surface area contributed by atoms with Gasteiger partial charge in [-0.15, -0.1) is 0 Å². The van der Waals surface area contributed by atoms with Gasteiger partial charge in [0, 0.05) is 23.6 Å². The van der Waals surface area contributed by atoms with Crippen molar-refractivity contribution in [1.82, 2.24) is 9.80 Å². The number of phenols is 1. The van der Waals surface area contributed by atoms with Gasteiger partial charge in [-0.05, 0) is 39.9 Å². The molecule has 2 saturated carbocycles. The predicted molar refractivity (Wildman–Crippen MR) is 132 cm³/mol. The standard InChI is InChI=1S/C26H29FN4O9/c1-30(2)18-11-5-8-4-9-14(20(34)17-10(16(9)27)6-31(3)12(7-32)25(39)29-17)19(33)13(8)22(36)26(11,40)23(37)15(21(18)35)24(28)38/h8,11-13,15,18,32,34,40H,4-7H2,1-3H3,(H2,28,38)(H,29,39)/t8-,11-,12-,13?,15?,18-,26-/m0/s1. The molecule has 40 heavy (non-hydrogen) atoms. The van der Waals surface area contributed by atoms with Crippen molar-refractivity contribution in [2.45, 2.75) is 37.1 Å². The summed E-state index contributed by atoms with van der Waals surface area (Å²) in [7, 11) is 4.41. The summed E-state index contributed by atoms with van der Waals surface area (Å²) >= 11 is 0. The summed E-state index contributed by atoms with van der Waals surface area (Å²) in [5.41, 5.74) is 1.14. The van der Waals surface area contributed by atoms with Crippen molar-refractivity contribution in [2.24, 2.45) is 29.4 Å². The first-order valence-electron chi connectivity index (χ1n) is 12.7. The number of aliphatic hydroxyl groups excluding tert-OH is 1. The van der Waals surface area contributed by atoms with Crippen molar-refractivity contribution in [1.29, 1.82) is 0 Å². The fourth-order valence-electron chi connectivity index (χ4n) is 7.02. The third-order valence-electron chi connectivity index (χ3n) is 8.92. The Hall–Kier alpha value is -3.59. The smallest absolute Gasteiger partial charge is 0.244 e. The average molecular weight is 561 g/mol. The van der Waals surface area contributed by atoms with E-state index in [1.54, 1.807) is 0 Å². The molecule has 0 bridgehead atoms. The molecule has 6 N–H and O–H groups in total. The highest BCUT2D eigenvalue weighted by molar-refractivity contribution is 6.32. The monoisotopic (exact) mass is 560 g/mol. The van der Waals surface area contributed by atoms with E-state index in [-0.39, 0.29) is 36.2 Å². The van der Waals surface area contributed by atoms with Crippen LogP contribution in [0.4, 0.5) is 10.1 Å². The van der Waals surface area contributed by atoms with Gasteiger partial charge in [0.2, 0.25) is 11.8 Å². The minimum absolute atomic E-state index is 0.119. The average Bonchev–Trinajstić information content (AvgIpc) is 2.99. The van der Waals surface area contributed by atoms with E-state index in [0.29, 0.717) is 0 Å². The zero-order valence-electron chi connectivity index (χ0n) is 21.9. The van der Waals surface area contributed by atoms with Crippen molar-refractivity contribution in [3.63, 3.8) is 0 Å². The van der Waals surface area contributed by atoms with Gasteiger partial charge in [-0.3, -0.25) is 38.6 Å². The first-order chi connectivity index (χ1) is 18.7. The number of anilines is 1. The molecule has 5 rings (SSSR count). The van der Waals surface area contributed by atoms with Gasteiger partial charge in [0.25, 0.3) is 0 Å². The molecular formula is C26H29FN4O9. The maximum absolute atomic E-state index is 16.0. The van der Waals surface area contributed by atoms with Crippen LogP contribution in [0.15, 0.2) is 0 Å². The Labute approximate surface area is 227 Å². The number of phenolic OH excluding ortho intramolecular Hbond substituents is 1. The lowest BCUT2D eigenvalue weighted by molar-refractivity contribution is -0.181. The summed E-state index contributed by atoms with van der Waals surface area (Å²) in [6.45, 7) is -0.794. The Kier molecular flexibility index (Phi) is 6.45. The highest BCUT2D eigenvalue weighted by Gasteiger charge is 2.69. The molecule has 2 fully saturated rings. The molecule has 4 aliphatic rings. The summed E-state index contributed by atoms with van der Waals surface area (Å²) in [5.74, 6) is -14.4. The number of Topliss-reactive ketones (excluding diaryl/α,β-unsaturated/α-hetero) is 4. The second kappa shape index (κ2) is 9.23. The topological polar surface area (TPSA) is 208 Å². The van der Waals surface area contributed by atoms with Crippen LogP contribution in [-0.2, 0) is 36.9 Å². The number of primary amides is 1. The molecule has 1 heterocycles. The normalized spacial score (nSPS) is 34.0. The number of rotatable bonds is 3. The van der Waals surface area contributed by atoms with Gasteiger partial charge in [0.1, 0.15) is 11.9 Å². The van der Waals surface area contributed by atoms with Gasteiger partial charge >= 0.3 is 0 Å². The third-order valence-corrected chi connectivity index (χ3v) is 8.92. The number of carbonyl (C=O) groups excluding carboxylic acids is 6. The van der Waals surface area contributed by atoms with Crippen LogP contribution in [0.2, 0.25) is 0 Å². The van der Waals surface area contributed by atoms with Crippen LogP contribution in [0.1, 0.15) is 27.9 Å². The fourth-order valence-corrected chi connectivity index (χ4v) is 7.02. The number of halogens is 1. The number of likely N-dealkylation sites (N-methyl/N-ethyl adjacent to an activating group) is 2. The highest BCUT2D eigenvalue weighted by atomic mass is 19.1. The molecule has 1 aliphatic heterocycles. The number of fused-ring (bicyclic) bond motifs is 4. The summed E-state index contributed by atoms with van der Waals surface area (Å²) in [6, 6.07) is -2.34. The van der Waals surface area contributed by atoms with Crippen LogP contribution in [0.25, 0.3) is 0 Å². The number of carbonyl (C=O) groups is 6. The summed E-state index contributed by atoms with van der Waals surface area (Å²) in [4.78, 5) is 81.5. The number of ketones is 4. The largest absolute Gasteiger partial charge is 0.505 e. The van der Waals surface area contributed by atoms with Crippen molar-refractivity contribution in [2.75, 3.05) is 33.1 Å². The van der Waals surface area contributed by atoms with Gasteiger partial charge in [0.05, 0.1) is 29.8 Å². The molecule has 0 radical (unpaired) electrons. The van der Waals surface area contributed by atoms with Crippen LogP contribution >= 0.6 is 0 Å². The molecule has 0 spiro atoms. The lowest BCUT2D eigenvalue weighted by Gasteiger charge is -2.52. The van der Waals surface area contributed by atoms with E-state index in [4.69, 9.17) is 5.73 Å². The summed E-state index contributed by atoms with van der Waals surface area (Å²) in [5, 5.41) is 34.7. The van der Waals surface area contributed by atoms with Crippen LogP contribution in [0.5, 0.6) is 5.75 Å².